The minimum Gasteiger partial charge on any atom is -0.396 e. The lowest BCUT2D eigenvalue weighted by atomic mass is 10.1. The summed E-state index contributed by atoms with van der Waals surface area (Å²) in [5, 5.41) is 2.73. The third-order valence-electron chi connectivity index (χ3n) is 4.12. The Morgan fingerprint density at radius 3 is 2.35 bits per heavy atom. The van der Waals surface area contributed by atoms with Gasteiger partial charge in [0.2, 0.25) is 0 Å². The topological polar surface area (TPSA) is 97.0 Å². The first-order valence-electron chi connectivity index (χ1n) is 7.97. The molecule has 0 saturated carbocycles. The van der Waals surface area contributed by atoms with E-state index in [1.54, 1.807) is 41.6 Å². The van der Waals surface area contributed by atoms with Crippen molar-refractivity contribution in [2.24, 2.45) is 0 Å². The SMILES string of the molecule is Nc1ccc(-c2ccc(F)cc2)nc1NC(=O)N1Cc2nccnc2C1. The number of hydrogen-bond donors (Lipinski definition) is 2. The van der Waals surface area contributed by atoms with Crippen molar-refractivity contribution in [2.45, 2.75) is 13.1 Å². The molecule has 0 spiro atoms. The third-order valence-corrected chi connectivity index (χ3v) is 4.12. The van der Waals surface area contributed by atoms with Crippen molar-refractivity contribution in [2.75, 3.05) is 11.1 Å². The number of nitrogen functional groups attached to an aromatic ring is 1. The first-order chi connectivity index (χ1) is 12.6. The van der Waals surface area contributed by atoms with E-state index in [4.69, 9.17) is 5.73 Å². The van der Waals surface area contributed by atoms with Crippen LogP contribution in [0.1, 0.15) is 11.4 Å². The van der Waals surface area contributed by atoms with Gasteiger partial charge in [-0.1, -0.05) is 0 Å². The van der Waals surface area contributed by atoms with E-state index >= 15 is 0 Å². The number of urea groups is 1. The standard InChI is InChI=1S/C18H15FN6O/c19-12-3-1-11(2-4-12)14-6-5-13(20)17(23-14)24-18(26)25-9-15-16(10-25)22-8-7-21-15/h1-8H,9-10,20H2,(H,23,24,26). The highest BCUT2D eigenvalue weighted by atomic mass is 19.1. The first kappa shape index (κ1) is 15.9. The van der Waals surface area contributed by atoms with Crippen LogP contribution in [0.25, 0.3) is 11.3 Å². The molecule has 2 amide bonds. The van der Waals surface area contributed by atoms with Crippen molar-refractivity contribution < 1.29 is 9.18 Å². The molecule has 0 atom stereocenters. The molecule has 1 aromatic carbocycles. The molecule has 3 heterocycles. The molecule has 3 N–H and O–H groups in total. The van der Waals surface area contributed by atoms with Gasteiger partial charge in [0.25, 0.3) is 0 Å². The van der Waals surface area contributed by atoms with E-state index in [9.17, 15) is 9.18 Å². The van der Waals surface area contributed by atoms with Crippen LogP contribution in [0.3, 0.4) is 0 Å². The van der Waals surface area contributed by atoms with E-state index in [0.717, 1.165) is 17.0 Å². The van der Waals surface area contributed by atoms with Gasteiger partial charge in [-0.05, 0) is 36.4 Å². The van der Waals surface area contributed by atoms with E-state index < -0.39 is 0 Å². The maximum Gasteiger partial charge on any atom is 0.323 e. The van der Waals surface area contributed by atoms with E-state index in [1.807, 2.05) is 0 Å². The molecule has 130 valence electrons. The zero-order valence-electron chi connectivity index (χ0n) is 13.7. The molecule has 3 aromatic rings. The van der Waals surface area contributed by atoms with Crippen LogP contribution in [0, 0.1) is 5.82 Å². The number of rotatable bonds is 2. The predicted molar refractivity (Wildman–Crippen MR) is 94.3 cm³/mol. The van der Waals surface area contributed by atoms with Crippen LogP contribution in [0.4, 0.5) is 20.7 Å². The number of halogens is 1. The minimum absolute atomic E-state index is 0.258. The molecule has 4 rings (SSSR count). The average molecular weight is 350 g/mol. The Bertz CT molecular complexity index is 951. The molecule has 2 aromatic heterocycles. The van der Waals surface area contributed by atoms with Gasteiger partial charge < -0.3 is 10.6 Å². The molecule has 7 nitrogen and oxygen atoms in total. The summed E-state index contributed by atoms with van der Waals surface area (Å²) >= 11 is 0. The number of hydrogen-bond acceptors (Lipinski definition) is 5. The number of carbonyl (C=O) groups excluding carboxylic acids is 1. The highest BCUT2D eigenvalue weighted by Gasteiger charge is 2.25. The fraction of sp³-hybridized carbons (Fsp3) is 0.111. The zero-order valence-corrected chi connectivity index (χ0v) is 13.7. The number of aromatic nitrogens is 3. The molecular formula is C18H15FN6O. The number of nitrogens with one attached hydrogen (secondary N) is 1. The second-order valence-electron chi connectivity index (χ2n) is 5.88. The Kier molecular flexibility index (Phi) is 3.92. The van der Waals surface area contributed by atoms with Crippen LogP contribution >= 0.6 is 0 Å². The van der Waals surface area contributed by atoms with Crippen LogP contribution in [-0.4, -0.2) is 25.9 Å². The number of pyridine rings is 1. The van der Waals surface area contributed by atoms with Gasteiger partial charge in [0.15, 0.2) is 5.82 Å². The van der Waals surface area contributed by atoms with Crippen LogP contribution < -0.4 is 11.1 Å². The Labute approximate surface area is 148 Å². The molecule has 1 aliphatic heterocycles. The lowest BCUT2D eigenvalue weighted by molar-refractivity contribution is 0.212. The number of amides is 2. The Morgan fingerprint density at radius 1 is 1.04 bits per heavy atom. The number of nitrogens with zero attached hydrogens (tertiary/aromatic N) is 4. The van der Waals surface area contributed by atoms with E-state index in [0.29, 0.717) is 24.5 Å². The van der Waals surface area contributed by atoms with Crippen molar-refractivity contribution >= 4 is 17.5 Å². The lowest BCUT2D eigenvalue weighted by Crippen LogP contribution is -2.31. The van der Waals surface area contributed by atoms with Gasteiger partial charge in [-0.15, -0.1) is 0 Å². The second kappa shape index (κ2) is 6.40. The molecule has 1 aliphatic rings. The molecule has 0 fully saturated rings. The summed E-state index contributed by atoms with van der Waals surface area (Å²) in [5.74, 6) is -0.0674. The molecule has 0 unspecified atom stereocenters. The number of fused-ring (bicyclic) bond motifs is 1. The Hall–Kier alpha value is -3.55. The minimum atomic E-state index is -0.333. The maximum atomic E-state index is 13.1. The molecule has 26 heavy (non-hydrogen) atoms. The number of benzene rings is 1. The lowest BCUT2D eigenvalue weighted by Gasteiger charge is -2.16. The second-order valence-corrected chi connectivity index (χ2v) is 5.88. The summed E-state index contributed by atoms with van der Waals surface area (Å²) in [5.41, 5.74) is 9.16. The van der Waals surface area contributed by atoms with Gasteiger partial charge in [-0.2, -0.15) is 0 Å². The smallest absolute Gasteiger partial charge is 0.323 e. The van der Waals surface area contributed by atoms with Crippen LogP contribution in [0.2, 0.25) is 0 Å². The third kappa shape index (κ3) is 3.04. The molecule has 0 bridgehead atoms. The quantitative estimate of drug-likeness (QED) is 0.741. The van der Waals surface area contributed by atoms with E-state index in [2.05, 4.69) is 20.3 Å². The van der Waals surface area contributed by atoms with Crippen molar-refractivity contribution in [3.8, 4) is 11.3 Å². The Balaban J connectivity index is 1.54. The van der Waals surface area contributed by atoms with Crippen LogP contribution in [0.5, 0.6) is 0 Å². The van der Waals surface area contributed by atoms with Crippen molar-refractivity contribution in [3.63, 3.8) is 0 Å². The van der Waals surface area contributed by atoms with Crippen molar-refractivity contribution in [1.29, 1.82) is 0 Å². The summed E-state index contributed by atoms with van der Waals surface area (Å²) in [6, 6.07) is 8.99. The first-order valence-corrected chi connectivity index (χ1v) is 7.97. The monoisotopic (exact) mass is 350 g/mol. The van der Waals surface area contributed by atoms with Gasteiger partial charge in [0.05, 0.1) is 35.9 Å². The molecule has 0 aliphatic carbocycles. The van der Waals surface area contributed by atoms with Gasteiger partial charge in [-0.3, -0.25) is 15.3 Å². The normalized spacial score (nSPS) is 12.7. The van der Waals surface area contributed by atoms with Crippen molar-refractivity contribution in [3.05, 3.63) is 66.0 Å². The van der Waals surface area contributed by atoms with Gasteiger partial charge >= 0.3 is 6.03 Å². The summed E-state index contributed by atoms with van der Waals surface area (Å²) < 4.78 is 13.1. The summed E-state index contributed by atoms with van der Waals surface area (Å²) in [7, 11) is 0. The largest absolute Gasteiger partial charge is 0.396 e. The molecule has 0 saturated heterocycles. The van der Waals surface area contributed by atoms with Crippen molar-refractivity contribution in [1.82, 2.24) is 19.9 Å². The number of carbonyl (C=O) groups is 1. The molecular weight excluding hydrogens is 335 g/mol. The summed E-state index contributed by atoms with van der Waals surface area (Å²) in [6.45, 7) is 0.763. The zero-order chi connectivity index (χ0) is 18.1. The number of nitrogens with two attached hydrogens (primary N) is 1. The van der Waals surface area contributed by atoms with Gasteiger partial charge in [-0.25, -0.2) is 14.2 Å². The average Bonchev–Trinajstić information content (AvgIpc) is 3.09. The summed E-state index contributed by atoms with van der Waals surface area (Å²) in [6.07, 6.45) is 3.21. The van der Waals surface area contributed by atoms with Crippen LogP contribution in [-0.2, 0) is 13.1 Å². The number of anilines is 2. The maximum absolute atomic E-state index is 13.1. The summed E-state index contributed by atoms with van der Waals surface area (Å²) in [4.78, 5) is 27.0. The molecule has 0 radical (unpaired) electrons. The highest BCUT2D eigenvalue weighted by Crippen LogP contribution is 2.25. The van der Waals surface area contributed by atoms with E-state index in [1.165, 1.54) is 12.1 Å². The predicted octanol–water partition coefficient (Wildman–Crippen LogP) is 2.81. The van der Waals surface area contributed by atoms with E-state index in [-0.39, 0.29) is 17.7 Å². The van der Waals surface area contributed by atoms with Gasteiger partial charge in [0.1, 0.15) is 5.82 Å². The molecule has 8 heteroatoms. The van der Waals surface area contributed by atoms with Gasteiger partial charge in [0, 0.05) is 18.0 Å². The van der Waals surface area contributed by atoms with Crippen LogP contribution in [0.15, 0.2) is 48.8 Å². The fourth-order valence-electron chi connectivity index (χ4n) is 2.75. The fourth-order valence-corrected chi connectivity index (χ4v) is 2.75. The Morgan fingerprint density at radius 2 is 1.69 bits per heavy atom. The highest BCUT2D eigenvalue weighted by molar-refractivity contribution is 5.92.